The summed E-state index contributed by atoms with van der Waals surface area (Å²) in [5.41, 5.74) is -0.627. The van der Waals surface area contributed by atoms with Crippen molar-refractivity contribution in [1.29, 1.82) is 0 Å². The standard InChI is InChI=1S/C21H35N5O4/c1-15(2)17(19(28)22-9-11-25-13-12-24(6)14-25)23-18(27)16-8-7-10-26(16)20(29)30-21(3,4)5/h12-17H,7-11H2,1-6H3,(H-,22,23,27,28)/p+1. The Hall–Kier alpha value is -2.58. The van der Waals surface area contributed by atoms with Crippen LogP contribution in [-0.4, -0.2) is 58.1 Å². The molecule has 1 aromatic rings. The maximum atomic E-state index is 12.9. The van der Waals surface area contributed by atoms with E-state index in [1.165, 1.54) is 4.90 Å². The Morgan fingerprint density at radius 1 is 1.27 bits per heavy atom. The highest BCUT2D eigenvalue weighted by Gasteiger charge is 2.38. The van der Waals surface area contributed by atoms with Gasteiger partial charge in [-0.25, -0.2) is 13.9 Å². The van der Waals surface area contributed by atoms with Gasteiger partial charge in [-0.05, 0) is 39.5 Å². The van der Waals surface area contributed by atoms with Gasteiger partial charge in [-0.1, -0.05) is 13.8 Å². The number of ether oxygens (including phenoxy) is 1. The molecule has 2 rings (SSSR count). The van der Waals surface area contributed by atoms with Gasteiger partial charge in [-0.15, -0.1) is 0 Å². The smallest absolute Gasteiger partial charge is 0.410 e. The topological polar surface area (TPSA) is 96.6 Å². The molecular weight excluding hydrogens is 386 g/mol. The summed E-state index contributed by atoms with van der Waals surface area (Å²) in [6.07, 6.45) is 6.58. The van der Waals surface area contributed by atoms with Crippen LogP contribution in [0.5, 0.6) is 0 Å². The molecular formula is C21H36N5O4+. The van der Waals surface area contributed by atoms with Crippen molar-refractivity contribution in [3.8, 4) is 0 Å². The highest BCUT2D eigenvalue weighted by Crippen LogP contribution is 2.21. The van der Waals surface area contributed by atoms with Gasteiger partial charge < -0.3 is 15.4 Å². The number of nitrogens with zero attached hydrogens (tertiary/aromatic N) is 3. The van der Waals surface area contributed by atoms with Gasteiger partial charge in [0.25, 0.3) is 0 Å². The number of carbonyl (C=O) groups is 3. The second-order valence-electron chi connectivity index (χ2n) is 9.17. The molecule has 2 N–H and O–H groups in total. The summed E-state index contributed by atoms with van der Waals surface area (Å²) in [6.45, 7) is 10.7. The molecule has 168 valence electrons. The van der Waals surface area contributed by atoms with E-state index in [-0.39, 0.29) is 17.7 Å². The number of amides is 3. The summed E-state index contributed by atoms with van der Waals surface area (Å²) in [5.74, 6) is -0.629. The molecule has 1 aromatic heterocycles. The summed E-state index contributed by atoms with van der Waals surface area (Å²) >= 11 is 0. The molecule has 0 radical (unpaired) electrons. The van der Waals surface area contributed by atoms with Gasteiger partial charge in [0, 0.05) is 6.54 Å². The zero-order chi connectivity index (χ0) is 22.5. The summed E-state index contributed by atoms with van der Waals surface area (Å²) in [4.78, 5) is 39.5. The van der Waals surface area contributed by atoms with Crippen molar-refractivity contribution >= 4 is 17.9 Å². The molecule has 30 heavy (non-hydrogen) atoms. The van der Waals surface area contributed by atoms with Crippen molar-refractivity contribution in [2.75, 3.05) is 13.1 Å². The number of rotatable bonds is 7. The van der Waals surface area contributed by atoms with Crippen molar-refractivity contribution in [1.82, 2.24) is 20.1 Å². The maximum absolute atomic E-state index is 12.9. The first-order valence-electron chi connectivity index (χ1n) is 10.6. The van der Waals surface area contributed by atoms with E-state index in [2.05, 4.69) is 10.6 Å². The number of likely N-dealkylation sites (tertiary alicyclic amines) is 1. The third-order valence-corrected chi connectivity index (χ3v) is 4.92. The Kier molecular flexibility index (Phi) is 7.86. The van der Waals surface area contributed by atoms with E-state index in [1.807, 2.05) is 48.8 Å². The molecule has 0 aliphatic carbocycles. The summed E-state index contributed by atoms with van der Waals surface area (Å²) in [7, 11) is 1.93. The van der Waals surface area contributed by atoms with Crippen LogP contribution in [0.15, 0.2) is 18.7 Å². The van der Waals surface area contributed by atoms with Gasteiger partial charge in [-0.3, -0.25) is 14.5 Å². The normalized spacial score (nSPS) is 17.7. The molecule has 1 aliphatic rings. The molecule has 2 unspecified atom stereocenters. The molecule has 9 nitrogen and oxygen atoms in total. The SMILES string of the molecule is CC(C)C(NC(=O)C1CCCN1C(=O)OC(C)(C)C)C(=O)NCCn1cc[n+](C)c1. The molecule has 3 amide bonds. The summed E-state index contributed by atoms with van der Waals surface area (Å²) in [5, 5.41) is 5.74. The fraction of sp³-hybridized carbons (Fsp3) is 0.714. The van der Waals surface area contributed by atoms with E-state index in [9.17, 15) is 14.4 Å². The van der Waals surface area contributed by atoms with Crippen molar-refractivity contribution < 1.29 is 23.7 Å². The lowest BCUT2D eigenvalue weighted by Gasteiger charge is -2.29. The highest BCUT2D eigenvalue weighted by molar-refractivity contribution is 5.91. The minimum Gasteiger partial charge on any atom is -0.444 e. The zero-order valence-electron chi connectivity index (χ0n) is 19.0. The van der Waals surface area contributed by atoms with Crippen LogP contribution in [0.1, 0.15) is 47.5 Å². The minimum atomic E-state index is -0.667. The minimum absolute atomic E-state index is 0.0882. The summed E-state index contributed by atoms with van der Waals surface area (Å²) < 4.78 is 9.32. The fourth-order valence-electron chi connectivity index (χ4n) is 3.41. The molecule has 2 heterocycles. The predicted octanol–water partition coefficient (Wildman–Crippen LogP) is 0.969. The number of carbonyl (C=O) groups excluding carboxylic acids is 3. The van der Waals surface area contributed by atoms with Crippen LogP contribution < -0.4 is 15.2 Å². The number of nitrogens with one attached hydrogen (secondary N) is 2. The molecule has 2 atom stereocenters. The lowest BCUT2D eigenvalue weighted by molar-refractivity contribution is -0.671. The zero-order valence-corrected chi connectivity index (χ0v) is 19.0. The fourth-order valence-corrected chi connectivity index (χ4v) is 3.41. The number of aromatic nitrogens is 2. The van der Waals surface area contributed by atoms with E-state index in [4.69, 9.17) is 4.74 Å². The Labute approximate surface area is 178 Å². The van der Waals surface area contributed by atoms with Crippen molar-refractivity contribution in [2.24, 2.45) is 13.0 Å². The van der Waals surface area contributed by atoms with E-state index >= 15 is 0 Å². The van der Waals surface area contributed by atoms with Crippen LogP contribution in [0.2, 0.25) is 0 Å². The van der Waals surface area contributed by atoms with Gasteiger partial charge in [0.1, 0.15) is 36.6 Å². The molecule has 0 spiro atoms. The third kappa shape index (κ3) is 6.74. The number of hydrogen-bond acceptors (Lipinski definition) is 4. The van der Waals surface area contributed by atoms with E-state index in [0.717, 1.165) is 6.42 Å². The van der Waals surface area contributed by atoms with Gasteiger partial charge in [0.2, 0.25) is 18.1 Å². The van der Waals surface area contributed by atoms with Crippen LogP contribution in [0, 0.1) is 5.92 Å². The van der Waals surface area contributed by atoms with E-state index in [1.54, 1.807) is 20.8 Å². The van der Waals surface area contributed by atoms with Crippen molar-refractivity contribution in [2.45, 2.75) is 71.7 Å². The van der Waals surface area contributed by atoms with Crippen LogP contribution in [-0.2, 0) is 27.9 Å². The maximum Gasteiger partial charge on any atom is 0.410 e. The van der Waals surface area contributed by atoms with Crippen LogP contribution >= 0.6 is 0 Å². The first kappa shape index (κ1) is 23.7. The Balaban J connectivity index is 1.93. The van der Waals surface area contributed by atoms with Crippen molar-refractivity contribution in [3.63, 3.8) is 0 Å². The largest absolute Gasteiger partial charge is 0.444 e. The molecule has 0 aromatic carbocycles. The van der Waals surface area contributed by atoms with Gasteiger partial charge in [-0.2, -0.15) is 0 Å². The first-order chi connectivity index (χ1) is 14.0. The average molecular weight is 423 g/mol. The number of hydrogen-bond donors (Lipinski definition) is 2. The van der Waals surface area contributed by atoms with Crippen molar-refractivity contribution in [3.05, 3.63) is 18.7 Å². The Morgan fingerprint density at radius 2 is 1.97 bits per heavy atom. The second-order valence-corrected chi connectivity index (χ2v) is 9.17. The highest BCUT2D eigenvalue weighted by atomic mass is 16.6. The first-order valence-corrected chi connectivity index (χ1v) is 10.6. The predicted molar refractivity (Wildman–Crippen MR) is 111 cm³/mol. The molecule has 9 heteroatoms. The molecule has 0 saturated carbocycles. The second kappa shape index (κ2) is 9.95. The quantitative estimate of drug-likeness (QED) is 0.640. The van der Waals surface area contributed by atoms with Gasteiger partial charge >= 0.3 is 6.09 Å². The molecule has 0 bridgehead atoms. The lowest BCUT2D eigenvalue weighted by atomic mass is 10.0. The van der Waals surface area contributed by atoms with Gasteiger partial charge in [0.15, 0.2) is 0 Å². The Morgan fingerprint density at radius 3 is 2.53 bits per heavy atom. The average Bonchev–Trinajstić information content (AvgIpc) is 3.26. The van der Waals surface area contributed by atoms with Crippen LogP contribution in [0.4, 0.5) is 4.79 Å². The molecule has 1 fully saturated rings. The Bertz CT molecular complexity index is 753. The van der Waals surface area contributed by atoms with Crippen LogP contribution in [0.3, 0.4) is 0 Å². The number of aryl methyl sites for hydroxylation is 1. The monoisotopic (exact) mass is 422 g/mol. The van der Waals surface area contributed by atoms with E-state index < -0.39 is 23.8 Å². The number of imidazole rings is 1. The third-order valence-electron chi connectivity index (χ3n) is 4.92. The molecule has 1 saturated heterocycles. The van der Waals surface area contributed by atoms with Gasteiger partial charge in [0.05, 0.1) is 13.6 Å². The van der Waals surface area contributed by atoms with Crippen LogP contribution in [0.25, 0.3) is 0 Å². The summed E-state index contributed by atoms with van der Waals surface area (Å²) in [6, 6.07) is -1.28. The molecule has 1 aliphatic heterocycles. The lowest BCUT2D eigenvalue weighted by Crippen LogP contribution is -2.55. The van der Waals surface area contributed by atoms with E-state index in [0.29, 0.717) is 26.1 Å².